The zero-order valence-electron chi connectivity index (χ0n) is 16.8. The van der Waals surface area contributed by atoms with E-state index in [-0.39, 0.29) is 30.9 Å². The Morgan fingerprint density at radius 3 is 3.33 bits per heavy atom. The lowest BCUT2D eigenvalue weighted by Crippen LogP contribution is -2.42. The van der Waals surface area contributed by atoms with Crippen LogP contribution < -0.4 is 5.32 Å². The summed E-state index contributed by atoms with van der Waals surface area (Å²) in [5.74, 6) is 0.0457. The van der Waals surface area contributed by atoms with Crippen molar-refractivity contribution in [1.82, 2.24) is 24.8 Å². The molecular formula is C14H22BN5O2PS. The van der Waals surface area contributed by atoms with E-state index in [1.54, 1.807) is 13.3 Å². The second-order valence-corrected chi connectivity index (χ2v) is 7.33. The largest absolute Gasteiger partial charge is 0.350 e. The minimum Gasteiger partial charge on any atom is -0.350 e. The van der Waals surface area contributed by atoms with Gasteiger partial charge in [0.25, 0.3) is 0 Å². The fraction of sp³-hybridized carbons (Fsp3) is 0.643. The first-order valence-corrected chi connectivity index (χ1v) is 10.0. The molecule has 0 amide bonds. The zero-order chi connectivity index (χ0) is 19.6. The van der Waals surface area contributed by atoms with Crippen molar-refractivity contribution in [3.8, 4) is 0 Å². The number of aryl methyl sites for hydroxylation is 1. The second kappa shape index (κ2) is 8.10. The molecule has 129 valence electrons. The number of nitrogens with one attached hydrogen (secondary N) is 1. The van der Waals surface area contributed by atoms with Gasteiger partial charge in [0.1, 0.15) is 31.7 Å². The third kappa shape index (κ3) is 3.46. The molecule has 1 aliphatic rings. The van der Waals surface area contributed by atoms with Gasteiger partial charge in [-0.3, -0.25) is 4.57 Å². The average molecular weight is 371 g/mol. The van der Waals surface area contributed by atoms with Crippen molar-refractivity contribution < 1.29 is 10.3 Å². The van der Waals surface area contributed by atoms with Crippen molar-refractivity contribution >= 4 is 38.0 Å². The molecule has 0 bridgehead atoms. The molecule has 1 N–H and O–H groups in total. The van der Waals surface area contributed by atoms with Crippen molar-refractivity contribution in [3.63, 3.8) is 0 Å². The Labute approximate surface area is 152 Å². The summed E-state index contributed by atoms with van der Waals surface area (Å²) in [5, 5.41) is 3.24. The van der Waals surface area contributed by atoms with Crippen LogP contribution in [0.3, 0.4) is 0 Å². The van der Waals surface area contributed by atoms with Gasteiger partial charge in [0, 0.05) is 25.0 Å². The lowest BCUT2D eigenvalue weighted by atomic mass is 9.99. The van der Waals surface area contributed by atoms with Gasteiger partial charge in [-0.2, -0.15) is 0 Å². The molecule has 2 aromatic rings. The number of hydrogen-bond acceptors (Lipinski definition) is 7. The van der Waals surface area contributed by atoms with Crippen LogP contribution in [0.25, 0.3) is 11.2 Å². The van der Waals surface area contributed by atoms with Crippen molar-refractivity contribution in [2.45, 2.75) is 39.1 Å². The predicted molar refractivity (Wildman–Crippen MR) is 99.6 cm³/mol. The quantitative estimate of drug-likeness (QED) is 0.430. The average Bonchev–Trinajstić information content (AvgIpc) is 3.18. The van der Waals surface area contributed by atoms with Crippen LogP contribution in [-0.2, 0) is 8.92 Å². The second-order valence-electron chi connectivity index (χ2n) is 5.65. The molecule has 1 aliphatic heterocycles. The van der Waals surface area contributed by atoms with Crippen LogP contribution in [0.4, 0.5) is 0 Å². The molecular weight excluding hydrogens is 344 g/mol. The standard InChI is InChI=1S/C14H22BN5O2PS/c1-4-16-11-8(2)14(22-10(11)5-21-24-23-15)20-7-19-12-9(3)17-6-18-13(12)20/h6-8,10-11,14-16,23H,4-5H2,1-3H3/t8-,10+,11?,14+,23?/m0/s1/i4T,15T,23D/t4?,8-,10+,11?,14+,23?. The van der Waals surface area contributed by atoms with Gasteiger partial charge in [0.15, 0.2) is 5.65 Å². The molecule has 0 aromatic carbocycles. The lowest BCUT2D eigenvalue weighted by molar-refractivity contribution is -0.0247. The number of nitrogens with zero attached hydrogens (tertiary/aromatic N) is 4. The summed E-state index contributed by atoms with van der Waals surface area (Å²) >= 11 is 0.983. The summed E-state index contributed by atoms with van der Waals surface area (Å²) in [4.78, 5) is 13.0. The highest BCUT2D eigenvalue weighted by Crippen LogP contribution is 2.37. The first-order chi connectivity index (χ1) is 12.9. The molecule has 3 unspecified atom stereocenters. The van der Waals surface area contributed by atoms with Crippen molar-refractivity contribution in [1.29, 1.82) is 2.61 Å². The summed E-state index contributed by atoms with van der Waals surface area (Å²) in [6.07, 6.45) is 2.63. The molecule has 7 nitrogen and oxygen atoms in total. The van der Waals surface area contributed by atoms with Crippen LogP contribution in [0.2, 0.25) is 0 Å². The number of hydrogen-bond donors (Lipinski definition) is 1. The Hall–Kier alpha value is -0.725. The highest BCUT2D eigenvalue weighted by Gasteiger charge is 2.43. The van der Waals surface area contributed by atoms with E-state index in [9.17, 15) is 0 Å². The topological polar surface area (TPSA) is 74.1 Å². The van der Waals surface area contributed by atoms with Crippen LogP contribution in [0, 0.1) is 12.8 Å². The maximum Gasteiger partial charge on any atom is 0.165 e. The summed E-state index contributed by atoms with van der Waals surface area (Å²) < 4.78 is 36.3. The molecule has 0 aliphatic carbocycles. The van der Waals surface area contributed by atoms with Crippen LogP contribution in [-0.4, -0.2) is 54.9 Å². The number of aromatic nitrogens is 4. The molecule has 3 heterocycles. The summed E-state index contributed by atoms with van der Waals surface area (Å²) in [7, 11) is -0.303. The van der Waals surface area contributed by atoms with E-state index in [2.05, 4.69) is 27.2 Å². The van der Waals surface area contributed by atoms with Gasteiger partial charge >= 0.3 is 0 Å². The van der Waals surface area contributed by atoms with E-state index in [1.165, 1.54) is 6.33 Å². The van der Waals surface area contributed by atoms with E-state index in [1.807, 2.05) is 11.5 Å². The Morgan fingerprint density at radius 2 is 2.54 bits per heavy atom. The summed E-state index contributed by atoms with van der Waals surface area (Å²) in [6.45, 7) is 5.54. The van der Waals surface area contributed by atoms with Crippen molar-refractivity contribution in [2.24, 2.45) is 5.92 Å². The third-order valence-electron chi connectivity index (χ3n) is 4.23. The van der Waals surface area contributed by atoms with E-state index in [4.69, 9.17) is 12.9 Å². The Kier molecular flexibility index (Phi) is 4.88. The predicted octanol–water partition coefficient (Wildman–Crippen LogP) is 1.72. The van der Waals surface area contributed by atoms with Crippen LogP contribution in [0.15, 0.2) is 12.7 Å². The number of rotatable bonds is 8. The number of ether oxygens (including phenoxy) is 1. The normalized spacial score (nSPS) is 31.4. The molecule has 1 radical (unpaired) electrons. The first kappa shape index (κ1) is 14.4. The van der Waals surface area contributed by atoms with E-state index >= 15 is 0 Å². The minimum absolute atomic E-state index is 0.0457. The Bertz CT molecular complexity index is 775. The maximum absolute atomic E-state index is 7.89. The van der Waals surface area contributed by atoms with Crippen molar-refractivity contribution in [3.05, 3.63) is 18.3 Å². The van der Waals surface area contributed by atoms with E-state index < -0.39 is 14.1 Å². The monoisotopic (exact) mass is 371 g/mol. The highest BCUT2D eigenvalue weighted by atomic mass is 32.7. The summed E-state index contributed by atoms with van der Waals surface area (Å²) in [5.41, 5.74) is 2.27. The molecule has 2 aromatic heterocycles. The van der Waals surface area contributed by atoms with Gasteiger partial charge in [-0.15, -0.1) is 0 Å². The minimum atomic E-state index is -1.37. The lowest BCUT2D eigenvalue weighted by Gasteiger charge is -2.21. The number of fused-ring (bicyclic) bond motifs is 1. The molecule has 3 rings (SSSR count). The molecule has 0 spiro atoms. The van der Waals surface area contributed by atoms with Gasteiger partial charge < -0.3 is 14.2 Å². The maximum atomic E-state index is 7.89. The van der Waals surface area contributed by atoms with Crippen LogP contribution in [0.5, 0.6) is 0 Å². The van der Waals surface area contributed by atoms with Crippen LogP contribution >= 0.6 is 19.3 Å². The Balaban J connectivity index is 1.80. The van der Waals surface area contributed by atoms with E-state index in [0.29, 0.717) is 5.65 Å². The van der Waals surface area contributed by atoms with Gasteiger partial charge in [-0.25, -0.2) is 15.0 Å². The van der Waals surface area contributed by atoms with Gasteiger partial charge in [-0.05, 0) is 14.8 Å². The van der Waals surface area contributed by atoms with E-state index in [0.717, 1.165) is 30.4 Å². The number of imidazole rings is 1. The third-order valence-corrected chi connectivity index (χ3v) is 5.14. The molecule has 1 fully saturated rings. The fourth-order valence-electron chi connectivity index (χ4n) is 3.10. The van der Waals surface area contributed by atoms with Crippen molar-refractivity contribution in [2.75, 3.05) is 13.1 Å². The Morgan fingerprint density at radius 1 is 1.67 bits per heavy atom. The van der Waals surface area contributed by atoms with Gasteiger partial charge in [-0.1, -0.05) is 21.5 Å². The fourth-order valence-corrected chi connectivity index (χ4v) is 3.72. The van der Waals surface area contributed by atoms with Gasteiger partial charge in [0.2, 0.25) is 0 Å². The molecule has 24 heavy (non-hydrogen) atoms. The zero-order valence-corrected chi connectivity index (χ0v) is 15.5. The van der Waals surface area contributed by atoms with Crippen LogP contribution in [0.1, 0.15) is 27.1 Å². The SMILES string of the molecule is [2H]P([B][3H])SOC[C@H]1O[C@@H](n2cnc3c(C)ncnc32)[C@@H](C)C1NC([3H])C. The smallest absolute Gasteiger partial charge is 0.165 e. The molecule has 0 saturated carbocycles. The highest BCUT2D eigenvalue weighted by molar-refractivity contribution is 8.53. The molecule has 1 saturated heterocycles. The first-order valence-electron chi connectivity index (χ1n) is 9.30. The van der Waals surface area contributed by atoms with Gasteiger partial charge in [0.05, 0.1) is 19.9 Å². The number of likely N-dealkylation sites (N-methyl/N-ethyl adjacent to an activating group) is 1. The molecule has 6 atom stereocenters. The summed E-state index contributed by atoms with van der Waals surface area (Å²) in [6, 6.07) is -0.0968. The molecule has 10 heteroatoms.